The minimum absolute atomic E-state index is 0.290. The predicted octanol–water partition coefficient (Wildman–Crippen LogP) is 3.16. The molecule has 1 aromatic heterocycles. The largest absolute Gasteiger partial charge is 0.464 e. The lowest BCUT2D eigenvalue weighted by Crippen LogP contribution is -2.50. The van der Waals surface area contributed by atoms with Crippen LogP contribution in [0.15, 0.2) is 24.3 Å². The first-order valence-electron chi connectivity index (χ1n) is 11.0. The highest BCUT2D eigenvalue weighted by Gasteiger charge is 2.31. The van der Waals surface area contributed by atoms with Crippen molar-refractivity contribution in [2.45, 2.75) is 51.0 Å². The highest BCUT2D eigenvalue weighted by Crippen LogP contribution is 2.29. The summed E-state index contributed by atoms with van der Waals surface area (Å²) in [6.07, 6.45) is 5.80. The molecule has 2 fully saturated rings. The Bertz CT molecular complexity index is 935. The molecule has 4 rings (SSSR count). The molecule has 2 aromatic rings. The number of rotatable bonds is 5. The summed E-state index contributed by atoms with van der Waals surface area (Å²) in [6.45, 7) is 4.81. The van der Waals surface area contributed by atoms with Gasteiger partial charge >= 0.3 is 5.97 Å². The van der Waals surface area contributed by atoms with Crippen LogP contribution in [0.25, 0.3) is 11.0 Å². The molecule has 0 spiro atoms. The van der Waals surface area contributed by atoms with Crippen LogP contribution in [-0.2, 0) is 9.53 Å². The second-order valence-corrected chi connectivity index (χ2v) is 8.42. The maximum atomic E-state index is 12.9. The maximum Gasteiger partial charge on any atom is 0.329 e. The molecular weight excluding hydrogens is 378 g/mol. The third kappa shape index (κ3) is 4.54. The van der Waals surface area contributed by atoms with Gasteiger partial charge in [0.2, 0.25) is 0 Å². The Morgan fingerprint density at radius 2 is 2.00 bits per heavy atom. The topological polar surface area (TPSA) is 91.1 Å². The van der Waals surface area contributed by atoms with E-state index in [1.54, 1.807) is 0 Å². The van der Waals surface area contributed by atoms with Crippen LogP contribution in [0.1, 0.15) is 50.6 Å². The van der Waals surface area contributed by atoms with Crippen molar-refractivity contribution in [3.63, 3.8) is 0 Å². The van der Waals surface area contributed by atoms with Gasteiger partial charge in [0, 0.05) is 25.7 Å². The van der Waals surface area contributed by atoms with Gasteiger partial charge in [-0.2, -0.15) is 5.26 Å². The van der Waals surface area contributed by atoms with Crippen LogP contribution in [0.4, 0.5) is 5.82 Å². The molecule has 0 radical (unpaired) electrons. The highest BCUT2D eigenvalue weighted by atomic mass is 16.5. The van der Waals surface area contributed by atoms with E-state index in [4.69, 9.17) is 14.7 Å². The lowest BCUT2D eigenvalue weighted by atomic mass is 9.90. The van der Waals surface area contributed by atoms with Gasteiger partial charge in [-0.15, -0.1) is 0 Å². The van der Waals surface area contributed by atoms with Gasteiger partial charge in [-0.25, -0.2) is 9.97 Å². The predicted molar refractivity (Wildman–Crippen MR) is 115 cm³/mol. The summed E-state index contributed by atoms with van der Waals surface area (Å²) < 4.78 is 5.60. The number of hydrogen-bond donors (Lipinski definition) is 1. The summed E-state index contributed by atoms with van der Waals surface area (Å²) >= 11 is 0. The molecule has 2 heterocycles. The van der Waals surface area contributed by atoms with Crippen molar-refractivity contribution in [3.8, 4) is 6.07 Å². The van der Waals surface area contributed by atoms with Crippen LogP contribution >= 0.6 is 0 Å². The van der Waals surface area contributed by atoms with Crippen molar-refractivity contribution in [3.05, 3.63) is 30.0 Å². The molecule has 7 nitrogen and oxygen atoms in total. The number of ether oxygens (including phenoxy) is 1. The van der Waals surface area contributed by atoms with E-state index in [2.05, 4.69) is 23.2 Å². The molecule has 1 unspecified atom stereocenters. The number of para-hydroxylation sites is 2. The minimum atomic E-state index is -1.08. The Hall–Kier alpha value is -2.72. The first-order valence-corrected chi connectivity index (χ1v) is 11.0. The van der Waals surface area contributed by atoms with Crippen LogP contribution in [0.5, 0.6) is 0 Å². The number of aromatic nitrogens is 2. The van der Waals surface area contributed by atoms with E-state index < -0.39 is 11.9 Å². The van der Waals surface area contributed by atoms with E-state index >= 15 is 0 Å². The van der Waals surface area contributed by atoms with Gasteiger partial charge in [0.15, 0.2) is 11.7 Å². The van der Waals surface area contributed by atoms with E-state index in [0.29, 0.717) is 35.6 Å². The summed E-state index contributed by atoms with van der Waals surface area (Å²) in [6, 6.07) is 10.0. The molecule has 7 heteroatoms. The first kappa shape index (κ1) is 20.5. The number of anilines is 1. The van der Waals surface area contributed by atoms with Gasteiger partial charge in [-0.05, 0) is 37.8 Å². The fourth-order valence-corrected chi connectivity index (χ4v) is 4.42. The van der Waals surface area contributed by atoms with Crippen LogP contribution in [-0.4, -0.2) is 48.2 Å². The van der Waals surface area contributed by atoms with Crippen molar-refractivity contribution in [2.75, 3.05) is 31.1 Å². The van der Waals surface area contributed by atoms with E-state index in [0.717, 1.165) is 38.0 Å². The van der Waals surface area contributed by atoms with Crippen molar-refractivity contribution in [1.82, 2.24) is 15.3 Å². The monoisotopic (exact) mass is 407 g/mol. The SMILES string of the molecule is C[C@H]1CN(c2nc3ccccc3nc2C(C#N)C(=O)OCC2CCCCC2)CCN1. The molecule has 30 heavy (non-hydrogen) atoms. The summed E-state index contributed by atoms with van der Waals surface area (Å²) in [5.41, 5.74) is 1.84. The normalized spacial score (nSPS) is 21.2. The fraction of sp³-hybridized carbons (Fsp3) is 0.565. The zero-order valence-corrected chi connectivity index (χ0v) is 17.5. The van der Waals surface area contributed by atoms with Gasteiger partial charge < -0.3 is 15.0 Å². The number of nitriles is 1. The number of carbonyl (C=O) groups is 1. The molecule has 2 atom stereocenters. The molecule has 158 valence electrons. The summed E-state index contributed by atoms with van der Waals surface area (Å²) in [7, 11) is 0. The van der Waals surface area contributed by atoms with Crippen molar-refractivity contribution < 1.29 is 9.53 Å². The van der Waals surface area contributed by atoms with Crippen molar-refractivity contribution in [1.29, 1.82) is 5.26 Å². The molecular formula is C23H29N5O2. The number of benzene rings is 1. The molecule has 1 N–H and O–H groups in total. The third-order valence-electron chi connectivity index (χ3n) is 6.07. The quantitative estimate of drug-likeness (QED) is 0.761. The number of esters is 1. The molecule has 0 bridgehead atoms. The number of nitrogens with one attached hydrogen (secondary N) is 1. The highest BCUT2D eigenvalue weighted by molar-refractivity contribution is 5.85. The summed E-state index contributed by atoms with van der Waals surface area (Å²) in [5, 5.41) is 13.3. The van der Waals surface area contributed by atoms with E-state index in [1.807, 2.05) is 24.3 Å². The molecule has 1 aliphatic carbocycles. The van der Waals surface area contributed by atoms with Crippen molar-refractivity contribution in [2.24, 2.45) is 5.92 Å². The average molecular weight is 408 g/mol. The minimum Gasteiger partial charge on any atom is -0.464 e. The maximum absolute atomic E-state index is 12.9. The smallest absolute Gasteiger partial charge is 0.329 e. The van der Waals surface area contributed by atoms with Gasteiger partial charge in [0.1, 0.15) is 5.69 Å². The molecule has 1 saturated carbocycles. The van der Waals surface area contributed by atoms with Gasteiger partial charge in [-0.3, -0.25) is 4.79 Å². The van der Waals surface area contributed by atoms with E-state index in [9.17, 15) is 10.1 Å². The summed E-state index contributed by atoms with van der Waals surface area (Å²) in [5.74, 6) is -0.579. The zero-order valence-electron chi connectivity index (χ0n) is 17.5. The molecule has 0 amide bonds. The number of hydrogen-bond acceptors (Lipinski definition) is 7. The zero-order chi connectivity index (χ0) is 20.9. The number of carbonyl (C=O) groups excluding carboxylic acids is 1. The second-order valence-electron chi connectivity index (χ2n) is 8.42. The Labute approximate surface area is 177 Å². The van der Waals surface area contributed by atoms with Crippen LogP contribution in [0.2, 0.25) is 0 Å². The first-order chi connectivity index (χ1) is 14.7. The molecule has 1 aliphatic heterocycles. The third-order valence-corrected chi connectivity index (χ3v) is 6.07. The standard InChI is InChI=1S/C23H29N5O2/c1-16-14-28(12-11-25-16)22-21(26-19-9-5-6-10-20(19)27-22)18(13-24)23(29)30-15-17-7-3-2-4-8-17/h5-6,9-10,16-18,25H,2-4,7-8,11-12,14-15H2,1H3/t16-,18?/m0/s1. The average Bonchev–Trinajstić information content (AvgIpc) is 2.78. The van der Waals surface area contributed by atoms with Gasteiger partial charge in [-0.1, -0.05) is 31.4 Å². The Balaban J connectivity index is 1.63. The lowest BCUT2D eigenvalue weighted by Gasteiger charge is -2.34. The van der Waals surface area contributed by atoms with Gasteiger partial charge in [0.25, 0.3) is 0 Å². The van der Waals surface area contributed by atoms with E-state index in [1.165, 1.54) is 19.3 Å². The summed E-state index contributed by atoms with van der Waals surface area (Å²) in [4.78, 5) is 24.6. The number of piperazine rings is 1. The van der Waals surface area contributed by atoms with E-state index in [-0.39, 0.29) is 0 Å². The fourth-order valence-electron chi connectivity index (χ4n) is 4.42. The Morgan fingerprint density at radius 3 is 2.70 bits per heavy atom. The van der Waals surface area contributed by atoms with Crippen LogP contribution in [0, 0.1) is 17.2 Å². The Morgan fingerprint density at radius 1 is 1.27 bits per heavy atom. The van der Waals surface area contributed by atoms with Crippen LogP contribution in [0.3, 0.4) is 0 Å². The molecule has 1 aromatic carbocycles. The number of nitrogens with zero attached hydrogens (tertiary/aromatic N) is 4. The van der Waals surface area contributed by atoms with Crippen molar-refractivity contribution >= 4 is 22.8 Å². The molecule has 1 saturated heterocycles. The lowest BCUT2D eigenvalue weighted by molar-refractivity contribution is -0.145. The van der Waals surface area contributed by atoms with Crippen LogP contribution < -0.4 is 10.2 Å². The van der Waals surface area contributed by atoms with Gasteiger partial charge in [0.05, 0.1) is 23.7 Å². The number of fused-ring (bicyclic) bond motifs is 1. The Kier molecular flexibility index (Phi) is 6.44. The molecule has 2 aliphatic rings. The second kappa shape index (κ2) is 9.40.